The number of rotatable bonds is 3. The van der Waals surface area contributed by atoms with Crippen molar-refractivity contribution in [2.45, 2.75) is 44.3 Å². The number of hydrogen-bond acceptors (Lipinski definition) is 2. The Bertz CT molecular complexity index is 966. The van der Waals surface area contributed by atoms with Gasteiger partial charge in [0.15, 0.2) is 0 Å². The number of likely N-dealkylation sites (tertiary alicyclic amines) is 1. The molecule has 1 amide bonds. The van der Waals surface area contributed by atoms with Crippen molar-refractivity contribution in [2.24, 2.45) is 11.8 Å². The minimum absolute atomic E-state index is 0.206. The molecule has 2 saturated carbocycles. The number of piperidine rings is 1. The van der Waals surface area contributed by atoms with Crippen molar-refractivity contribution in [1.82, 2.24) is 14.7 Å². The number of alkyl halides is 3. The molecule has 5 rings (SSSR count). The third-order valence-electron chi connectivity index (χ3n) is 6.23. The van der Waals surface area contributed by atoms with E-state index in [1.165, 1.54) is 11.1 Å². The lowest BCUT2D eigenvalue weighted by atomic mass is 10.1. The van der Waals surface area contributed by atoms with E-state index < -0.39 is 24.1 Å². The topological polar surface area (TPSA) is 38.1 Å². The monoisotopic (exact) mass is 409 g/mol. The average Bonchev–Trinajstić information content (AvgIpc) is 3.53. The zero-order valence-electron chi connectivity index (χ0n) is 15.2. The Morgan fingerprint density at radius 1 is 1.25 bits per heavy atom. The summed E-state index contributed by atoms with van der Waals surface area (Å²) in [5.41, 5.74) is 2.91. The van der Waals surface area contributed by atoms with Gasteiger partial charge in [-0.2, -0.15) is 18.3 Å². The van der Waals surface area contributed by atoms with Crippen LogP contribution in [0.4, 0.5) is 13.2 Å². The van der Waals surface area contributed by atoms with Crippen molar-refractivity contribution in [2.75, 3.05) is 6.54 Å². The Balaban J connectivity index is 1.49. The fourth-order valence-electron chi connectivity index (χ4n) is 4.59. The first-order valence-electron chi connectivity index (χ1n) is 9.49. The maximum absolute atomic E-state index is 13.2. The fraction of sp³-hybridized carbons (Fsp3) is 0.500. The number of halogens is 4. The van der Waals surface area contributed by atoms with Gasteiger partial charge in [-0.3, -0.25) is 4.79 Å². The van der Waals surface area contributed by atoms with Gasteiger partial charge < -0.3 is 4.90 Å². The first kappa shape index (κ1) is 18.0. The van der Waals surface area contributed by atoms with E-state index in [2.05, 4.69) is 5.10 Å². The quantitative estimate of drug-likeness (QED) is 0.734. The molecule has 148 valence electrons. The summed E-state index contributed by atoms with van der Waals surface area (Å²) >= 11 is 6.24. The predicted molar refractivity (Wildman–Crippen MR) is 97.8 cm³/mol. The Morgan fingerprint density at radius 2 is 2.00 bits per heavy atom. The van der Waals surface area contributed by atoms with E-state index in [1.54, 1.807) is 10.7 Å². The molecule has 3 fully saturated rings. The molecule has 0 unspecified atom stereocenters. The summed E-state index contributed by atoms with van der Waals surface area (Å²) in [6.45, 7) is 2.29. The summed E-state index contributed by atoms with van der Waals surface area (Å²) in [4.78, 5) is 14.6. The van der Waals surface area contributed by atoms with Gasteiger partial charge in [0.2, 0.25) is 0 Å². The summed E-state index contributed by atoms with van der Waals surface area (Å²) in [7, 11) is 0. The highest BCUT2D eigenvalue weighted by Gasteiger charge is 2.69. The molecule has 3 atom stereocenters. The van der Waals surface area contributed by atoms with Gasteiger partial charge >= 0.3 is 6.18 Å². The lowest BCUT2D eigenvalue weighted by Crippen LogP contribution is -2.35. The third-order valence-corrected chi connectivity index (χ3v) is 6.64. The van der Waals surface area contributed by atoms with Crippen molar-refractivity contribution >= 4 is 17.5 Å². The van der Waals surface area contributed by atoms with E-state index in [0.717, 1.165) is 29.8 Å². The Morgan fingerprint density at radius 3 is 2.61 bits per heavy atom. The van der Waals surface area contributed by atoms with Gasteiger partial charge in [0.05, 0.1) is 29.1 Å². The lowest BCUT2D eigenvalue weighted by Gasteiger charge is -2.21. The molecule has 2 aliphatic carbocycles. The highest BCUT2D eigenvalue weighted by molar-refractivity contribution is 6.31. The van der Waals surface area contributed by atoms with Gasteiger partial charge in [-0.1, -0.05) is 17.7 Å². The smallest absolute Gasteiger partial charge is 0.335 e. The minimum atomic E-state index is -4.24. The van der Waals surface area contributed by atoms with E-state index in [-0.39, 0.29) is 11.8 Å². The second kappa shape index (κ2) is 5.99. The van der Waals surface area contributed by atoms with Gasteiger partial charge in [-0.05, 0) is 49.8 Å². The Kier molecular flexibility index (Phi) is 3.86. The molecule has 28 heavy (non-hydrogen) atoms. The highest BCUT2D eigenvalue weighted by Crippen LogP contribution is 2.58. The number of aromatic nitrogens is 2. The Labute approximate surface area is 165 Å². The largest absolute Gasteiger partial charge is 0.394 e. The molecule has 8 heteroatoms. The van der Waals surface area contributed by atoms with Crippen LogP contribution in [0, 0.1) is 18.8 Å². The van der Waals surface area contributed by atoms with Gasteiger partial charge in [0, 0.05) is 23.5 Å². The van der Waals surface area contributed by atoms with Crippen LogP contribution >= 0.6 is 11.6 Å². The standard InChI is InChI=1S/C20H19ClF3N3O/c1-10-2-5-12(8-15(10)21)27-17(11-3-4-11)14(9-25-27)19(28)26-7-6-13-16(18(13)26)20(22,23)24/h2,5,8-9,11,13,16,18H,3-4,6-7H2,1H3/t13-,16+,18-/m0/s1. The van der Waals surface area contributed by atoms with Crippen LogP contribution in [-0.2, 0) is 0 Å². The summed E-state index contributed by atoms with van der Waals surface area (Å²) in [6.07, 6.45) is -0.425. The number of nitrogens with zero attached hydrogens (tertiary/aromatic N) is 3. The zero-order chi connectivity index (χ0) is 19.8. The van der Waals surface area contributed by atoms with Crippen molar-refractivity contribution in [3.05, 3.63) is 46.2 Å². The molecule has 0 bridgehead atoms. The van der Waals surface area contributed by atoms with Gasteiger partial charge in [0.25, 0.3) is 5.91 Å². The minimum Gasteiger partial charge on any atom is -0.335 e. The summed E-state index contributed by atoms with van der Waals surface area (Å²) in [6, 6.07) is 4.87. The number of hydrogen-bond donors (Lipinski definition) is 0. The van der Waals surface area contributed by atoms with Gasteiger partial charge in [-0.15, -0.1) is 0 Å². The van der Waals surface area contributed by atoms with E-state index in [1.807, 2.05) is 19.1 Å². The van der Waals surface area contributed by atoms with Gasteiger partial charge in [0.1, 0.15) is 0 Å². The number of carbonyl (C=O) groups is 1. The second-order valence-corrected chi connectivity index (χ2v) is 8.48. The van der Waals surface area contributed by atoms with Crippen LogP contribution < -0.4 is 0 Å². The first-order valence-corrected chi connectivity index (χ1v) is 9.87. The van der Waals surface area contributed by atoms with Crippen LogP contribution in [0.5, 0.6) is 0 Å². The van der Waals surface area contributed by atoms with E-state index >= 15 is 0 Å². The molecule has 2 heterocycles. The number of aryl methyl sites for hydroxylation is 1. The van der Waals surface area contributed by atoms with Crippen LogP contribution in [0.25, 0.3) is 5.69 Å². The van der Waals surface area contributed by atoms with Crippen LogP contribution in [0.2, 0.25) is 5.02 Å². The summed E-state index contributed by atoms with van der Waals surface area (Å²) < 4.78 is 41.2. The average molecular weight is 410 g/mol. The van der Waals surface area contributed by atoms with Crippen molar-refractivity contribution in [1.29, 1.82) is 0 Å². The highest BCUT2D eigenvalue weighted by atomic mass is 35.5. The third kappa shape index (κ3) is 2.74. The molecular formula is C20H19ClF3N3O. The molecule has 1 saturated heterocycles. The molecule has 0 spiro atoms. The number of fused-ring (bicyclic) bond motifs is 1. The lowest BCUT2D eigenvalue weighted by molar-refractivity contribution is -0.156. The van der Waals surface area contributed by atoms with Crippen molar-refractivity contribution in [3.63, 3.8) is 0 Å². The van der Waals surface area contributed by atoms with E-state index in [0.29, 0.717) is 23.6 Å². The number of carbonyl (C=O) groups excluding carboxylic acids is 1. The van der Waals surface area contributed by atoms with Crippen molar-refractivity contribution in [3.8, 4) is 5.69 Å². The second-order valence-electron chi connectivity index (χ2n) is 8.07. The molecule has 0 radical (unpaired) electrons. The molecular weight excluding hydrogens is 391 g/mol. The maximum atomic E-state index is 13.2. The Hall–Kier alpha value is -2.02. The molecule has 1 aliphatic heterocycles. The molecule has 4 nitrogen and oxygen atoms in total. The molecule has 1 aromatic heterocycles. The summed E-state index contributed by atoms with van der Waals surface area (Å²) in [5.74, 6) is -1.94. The maximum Gasteiger partial charge on any atom is 0.394 e. The van der Waals surface area contributed by atoms with Crippen LogP contribution in [0.3, 0.4) is 0 Å². The van der Waals surface area contributed by atoms with Crippen LogP contribution in [0.1, 0.15) is 46.8 Å². The molecule has 3 aliphatic rings. The van der Waals surface area contributed by atoms with Gasteiger partial charge in [-0.25, -0.2) is 4.68 Å². The fourth-order valence-corrected chi connectivity index (χ4v) is 4.76. The molecule has 1 aromatic carbocycles. The first-order chi connectivity index (χ1) is 13.3. The number of benzene rings is 1. The van der Waals surface area contributed by atoms with E-state index in [9.17, 15) is 18.0 Å². The zero-order valence-corrected chi connectivity index (χ0v) is 16.0. The van der Waals surface area contributed by atoms with Crippen molar-refractivity contribution < 1.29 is 18.0 Å². The number of amides is 1. The SMILES string of the molecule is Cc1ccc(-n2ncc(C(=O)N3CC[C@@H]4[C@H]3[C@@H]4C(F)(F)F)c2C2CC2)cc1Cl. The van der Waals surface area contributed by atoms with Crippen LogP contribution in [0.15, 0.2) is 24.4 Å². The molecule has 0 N–H and O–H groups in total. The predicted octanol–water partition coefficient (Wildman–Crippen LogP) is 4.73. The van der Waals surface area contributed by atoms with Crippen LogP contribution in [-0.4, -0.2) is 39.4 Å². The summed E-state index contributed by atoms with van der Waals surface area (Å²) in [5, 5.41) is 5.01. The molecule has 2 aromatic rings. The van der Waals surface area contributed by atoms with E-state index in [4.69, 9.17) is 11.6 Å². The normalized spacial score (nSPS) is 26.5.